The largest absolute Gasteiger partial charge is 0.494 e. The van der Waals surface area contributed by atoms with Crippen LogP contribution >= 0.6 is 0 Å². The highest BCUT2D eigenvalue weighted by atomic mass is 16.5. The van der Waals surface area contributed by atoms with Gasteiger partial charge in [0.15, 0.2) is 0 Å². The molecule has 2 amide bonds. The van der Waals surface area contributed by atoms with E-state index in [9.17, 15) is 9.59 Å². The first-order chi connectivity index (χ1) is 12.1. The van der Waals surface area contributed by atoms with E-state index >= 15 is 0 Å². The number of amides is 2. The van der Waals surface area contributed by atoms with E-state index in [0.717, 1.165) is 16.3 Å². The third kappa shape index (κ3) is 3.91. The van der Waals surface area contributed by atoms with Gasteiger partial charge in [-0.05, 0) is 55.5 Å². The molecule has 1 saturated heterocycles. The number of hydrogen-bond donors (Lipinski definition) is 1. The van der Waals surface area contributed by atoms with E-state index in [0.29, 0.717) is 18.1 Å². The Kier molecular flexibility index (Phi) is 4.88. The van der Waals surface area contributed by atoms with E-state index in [4.69, 9.17) is 9.47 Å². The smallest absolute Gasteiger partial charge is 0.251 e. The molecule has 2 aromatic rings. The molecule has 1 heterocycles. The van der Waals surface area contributed by atoms with Crippen molar-refractivity contribution in [2.75, 3.05) is 19.0 Å². The number of ether oxygens (including phenoxy) is 2. The fourth-order valence-electron chi connectivity index (χ4n) is 2.60. The third-order valence-corrected chi connectivity index (χ3v) is 3.95. The minimum atomic E-state index is -0.504. The number of carbonyl (C=O) groups is 2. The van der Waals surface area contributed by atoms with Crippen LogP contribution in [0.2, 0.25) is 0 Å². The van der Waals surface area contributed by atoms with Gasteiger partial charge in [0.25, 0.3) is 5.91 Å². The topological polar surface area (TPSA) is 67.9 Å². The van der Waals surface area contributed by atoms with Crippen LogP contribution < -0.4 is 14.8 Å². The fourth-order valence-corrected chi connectivity index (χ4v) is 2.60. The quantitative estimate of drug-likeness (QED) is 0.819. The second kappa shape index (κ2) is 7.25. The first-order valence-corrected chi connectivity index (χ1v) is 8.14. The molecule has 1 atom stereocenters. The van der Waals surface area contributed by atoms with Gasteiger partial charge in [-0.15, -0.1) is 0 Å². The number of nitrogens with zero attached hydrogens (tertiary/aromatic N) is 1. The molecule has 0 radical (unpaired) electrons. The first kappa shape index (κ1) is 16.8. The lowest BCUT2D eigenvalue weighted by molar-refractivity contribution is -0.136. The number of benzene rings is 2. The number of carbonyl (C=O) groups excluding carboxylic acids is 2. The molecule has 25 heavy (non-hydrogen) atoms. The van der Waals surface area contributed by atoms with Crippen LogP contribution in [0.15, 0.2) is 48.5 Å². The van der Waals surface area contributed by atoms with Crippen molar-refractivity contribution in [1.82, 2.24) is 4.90 Å². The Morgan fingerprint density at radius 1 is 1.00 bits per heavy atom. The summed E-state index contributed by atoms with van der Waals surface area (Å²) in [4.78, 5) is 24.6. The van der Waals surface area contributed by atoms with Gasteiger partial charge in [-0.1, -0.05) is 0 Å². The molecule has 0 saturated carbocycles. The summed E-state index contributed by atoms with van der Waals surface area (Å²) in [7, 11) is 1.50. The summed E-state index contributed by atoms with van der Waals surface area (Å²) >= 11 is 0. The monoisotopic (exact) mass is 340 g/mol. The number of anilines is 1. The molecule has 1 N–H and O–H groups in total. The molecule has 1 aliphatic heterocycles. The van der Waals surface area contributed by atoms with E-state index in [-0.39, 0.29) is 18.2 Å². The van der Waals surface area contributed by atoms with Crippen LogP contribution in [0.3, 0.4) is 0 Å². The van der Waals surface area contributed by atoms with Gasteiger partial charge in [0.2, 0.25) is 5.91 Å². The van der Waals surface area contributed by atoms with Crippen LogP contribution in [0.4, 0.5) is 5.69 Å². The molecule has 130 valence electrons. The highest BCUT2D eigenvalue weighted by Crippen LogP contribution is 2.26. The Hall–Kier alpha value is -3.02. The van der Waals surface area contributed by atoms with Crippen LogP contribution in [0.1, 0.15) is 13.3 Å². The average Bonchev–Trinajstić information content (AvgIpc) is 2.85. The molecule has 0 bridgehead atoms. The molecule has 6 nitrogen and oxygen atoms in total. The SMILES string of the molecule is CCOc1ccc(Oc2ccc(N[C@H]3CC(=O)N(C)C3=O)cc2)cc1. The molecule has 0 unspecified atom stereocenters. The third-order valence-electron chi connectivity index (χ3n) is 3.95. The van der Waals surface area contributed by atoms with Gasteiger partial charge in [0, 0.05) is 12.7 Å². The molecule has 1 fully saturated rings. The number of hydrogen-bond acceptors (Lipinski definition) is 5. The predicted octanol–water partition coefficient (Wildman–Crippen LogP) is 3.05. The summed E-state index contributed by atoms with van der Waals surface area (Å²) in [5.74, 6) is 1.82. The molecule has 0 aromatic heterocycles. The summed E-state index contributed by atoms with van der Waals surface area (Å²) in [6.45, 7) is 2.56. The predicted molar refractivity (Wildman–Crippen MR) is 93.9 cm³/mol. The number of imide groups is 1. The highest BCUT2D eigenvalue weighted by Gasteiger charge is 2.35. The zero-order valence-electron chi connectivity index (χ0n) is 14.2. The van der Waals surface area contributed by atoms with Crippen molar-refractivity contribution in [2.24, 2.45) is 0 Å². The van der Waals surface area contributed by atoms with Crippen molar-refractivity contribution >= 4 is 17.5 Å². The van der Waals surface area contributed by atoms with Crippen molar-refractivity contribution < 1.29 is 19.1 Å². The number of nitrogens with one attached hydrogen (secondary N) is 1. The Morgan fingerprint density at radius 3 is 2.08 bits per heavy atom. The average molecular weight is 340 g/mol. The zero-order valence-corrected chi connectivity index (χ0v) is 14.2. The Balaban J connectivity index is 1.60. The molecule has 0 aliphatic carbocycles. The van der Waals surface area contributed by atoms with Gasteiger partial charge in [0.05, 0.1) is 13.0 Å². The van der Waals surface area contributed by atoms with Gasteiger partial charge in [-0.25, -0.2) is 0 Å². The van der Waals surface area contributed by atoms with Gasteiger partial charge in [-0.2, -0.15) is 0 Å². The highest BCUT2D eigenvalue weighted by molar-refractivity contribution is 6.06. The van der Waals surface area contributed by atoms with E-state index in [2.05, 4.69) is 5.32 Å². The number of rotatable bonds is 6. The number of likely N-dealkylation sites (N-methyl/N-ethyl adjacent to an activating group) is 1. The Bertz CT molecular complexity index is 756. The van der Waals surface area contributed by atoms with Crippen molar-refractivity contribution in [1.29, 1.82) is 0 Å². The van der Waals surface area contributed by atoms with Gasteiger partial charge < -0.3 is 14.8 Å². The molecule has 1 aliphatic rings. The van der Waals surface area contributed by atoms with E-state index in [1.165, 1.54) is 7.05 Å². The van der Waals surface area contributed by atoms with Gasteiger partial charge >= 0.3 is 0 Å². The van der Waals surface area contributed by atoms with E-state index in [1.54, 1.807) is 0 Å². The van der Waals surface area contributed by atoms with Crippen molar-refractivity contribution in [3.05, 3.63) is 48.5 Å². The standard InChI is InChI=1S/C19H20N2O4/c1-3-24-14-8-10-16(11-9-14)25-15-6-4-13(5-7-15)20-17-12-18(22)21(2)19(17)23/h4-11,17,20H,3,12H2,1-2H3/t17-/m0/s1. The van der Waals surface area contributed by atoms with E-state index in [1.807, 2.05) is 55.5 Å². The zero-order chi connectivity index (χ0) is 17.8. The second-order valence-corrected chi connectivity index (χ2v) is 5.72. The molecule has 2 aromatic carbocycles. The normalized spacial score (nSPS) is 16.9. The molecular weight excluding hydrogens is 320 g/mol. The van der Waals surface area contributed by atoms with Crippen molar-refractivity contribution in [2.45, 2.75) is 19.4 Å². The summed E-state index contributed by atoms with van der Waals surface area (Å²) in [6, 6.07) is 14.1. The minimum Gasteiger partial charge on any atom is -0.494 e. The fraction of sp³-hybridized carbons (Fsp3) is 0.263. The number of likely N-dealkylation sites (tertiary alicyclic amines) is 1. The van der Waals surface area contributed by atoms with Crippen molar-refractivity contribution in [3.63, 3.8) is 0 Å². The van der Waals surface area contributed by atoms with Crippen LogP contribution in [-0.4, -0.2) is 36.4 Å². The molecular formula is C19H20N2O4. The Labute approximate surface area is 146 Å². The lowest BCUT2D eigenvalue weighted by Gasteiger charge is -2.13. The maximum atomic E-state index is 11.9. The Morgan fingerprint density at radius 2 is 1.56 bits per heavy atom. The molecule has 6 heteroatoms. The first-order valence-electron chi connectivity index (χ1n) is 8.14. The van der Waals surface area contributed by atoms with Crippen LogP contribution in [0.25, 0.3) is 0 Å². The van der Waals surface area contributed by atoms with Crippen LogP contribution in [0, 0.1) is 0 Å². The summed E-state index contributed by atoms with van der Waals surface area (Å²) in [5, 5.41) is 3.08. The van der Waals surface area contributed by atoms with Crippen LogP contribution in [-0.2, 0) is 9.59 Å². The second-order valence-electron chi connectivity index (χ2n) is 5.72. The summed E-state index contributed by atoms with van der Waals surface area (Å²) in [5.41, 5.74) is 0.764. The summed E-state index contributed by atoms with van der Waals surface area (Å²) < 4.78 is 11.2. The molecule has 0 spiro atoms. The summed E-state index contributed by atoms with van der Waals surface area (Å²) in [6.07, 6.45) is 0.180. The maximum absolute atomic E-state index is 11.9. The van der Waals surface area contributed by atoms with E-state index < -0.39 is 6.04 Å². The van der Waals surface area contributed by atoms with Gasteiger partial charge in [0.1, 0.15) is 23.3 Å². The molecule has 3 rings (SSSR count). The lowest BCUT2D eigenvalue weighted by Crippen LogP contribution is -2.31. The van der Waals surface area contributed by atoms with Crippen LogP contribution in [0.5, 0.6) is 17.2 Å². The lowest BCUT2D eigenvalue weighted by atomic mass is 10.2. The maximum Gasteiger partial charge on any atom is 0.251 e. The van der Waals surface area contributed by atoms with Gasteiger partial charge in [-0.3, -0.25) is 14.5 Å². The minimum absolute atomic E-state index is 0.169. The van der Waals surface area contributed by atoms with Crippen molar-refractivity contribution in [3.8, 4) is 17.2 Å².